The van der Waals surface area contributed by atoms with E-state index in [-0.39, 0.29) is 21.4 Å². The van der Waals surface area contributed by atoms with Gasteiger partial charge in [-0.3, -0.25) is 4.72 Å². The number of fused-ring (bicyclic) bond motifs is 1. The van der Waals surface area contributed by atoms with Crippen molar-refractivity contribution in [3.05, 3.63) is 29.3 Å². The summed E-state index contributed by atoms with van der Waals surface area (Å²) in [5.74, 6) is 4.43. The molecule has 1 aliphatic heterocycles. The first-order valence-electron chi connectivity index (χ1n) is 11.6. The number of carbonyl (C=O) groups is 1. The predicted molar refractivity (Wildman–Crippen MR) is 139 cm³/mol. The molecule has 1 aromatic rings. The molecule has 1 aromatic carbocycles. The molecule has 0 unspecified atom stereocenters. The molecule has 206 valence electrons. The molecular formula is C22H31F3N6O4S2. The van der Waals surface area contributed by atoms with Gasteiger partial charge in [0.05, 0.1) is 11.8 Å². The maximum absolute atomic E-state index is 13.1. The largest absolute Gasteiger partial charge is 0.516 e. The van der Waals surface area contributed by atoms with E-state index >= 15 is 0 Å². The van der Waals surface area contributed by atoms with Crippen molar-refractivity contribution in [1.82, 2.24) is 0 Å². The molecule has 0 saturated heterocycles. The van der Waals surface area contributed by atoms with Crippen LogP contribution >= 0.6 is 11.8 Å². The van der Waals surface area contributed by atoms with Crippen molar-refractivity contribution in [2.45, 2.75) is 64.5 Å². The van der Waals surface area contributed by atoms with Gasteiger partial charge in [-0.15, -0.1) is 10.2 Å². The number of alkyl halides is 3. The zero-order valence-corrected chi connectivity index (χ0v) is 22.5. The van der Waals surface area contributed by atoms with E-state index in [9.17, 15) is 26.4 Å². The number of unbranched alkanes of at least 4 members (excludes halogenated alkanes) is 2. The highest BCUT2D eigenvalue weighted by Gasteiger charge is 2.46. The third-order valence-corrected chi connectivity index (χ3v) is 6.99. The number of esters is 1. The number of hydrazone groups is 1. The van der Waals surface area contributed by atoms with Gasteiger partial charge in [-0.2, -0.15) is 26.7 Å². The molecule has 0 fully saturated rings. The van der Waals surface area contributed by atoms with Gasteiger partial charge in [0.25, 0.3) is 0 Å². The zero-order valence-electron chi connectivity index (χ0n) is 20.8. The second-order valence-electron chi connectivity index (χ2n) is 8.43. The van der Waals surface area contributed by atoms with E-state index in [1.165, 1.54) is 12.1 Å². The summed E-state index contributed by atoms with van der Waals surface area (Å²) in [5, 5.41) is 10.8. The Balaban J connectivity index is 2.41. The number of nitrogens with one attached hydrogen (secondary N) is 1. The number of carbonyl (C=O) groups excluding carboxylic acids is 1. The van der Waals surface area contributed by atoms with Crippen LogP contribution in [0.15, 0.2) is 39.1 Å². The van der Waals surface area contributed by atoms with E-state index in [1.54, 1.807) is 18.6 Å². The predicted octanol–water partition coefficient (Wildman–Crippen LogP) is 5.40. The summed E-state index contributed by atoms with van der Waals surface area (Å²) in [6.45, 7) is 10.4. The fourth-order valence-corrected chi connectivity index (χ4v) is 4.53. The van der Waals surface area contributed by atoms with Crippen molar-refractivity contribution < 1.29 is 31.1 Å². The normalized spacial score (nSPS) is 14.7. The highest BCUT2D eigenvalue weighted by molar-refractivity contribution is 8.18. The molecule has 0 radical (unpaired) electrons. The number of benzene rings is 1. The molecule has 37 heavy (non-hydrogen) atoms. The maximum atomic E-state index is 13.1. The topological polar surface area (TPSA) is 139 Å². The molecule has 0 saturated carbocycles. The number of thioether (sulfide) groups is 1. The molecule has 15 heteroatoms. The van der Waals surface area contributed by atoms with Crippen LogP contribution in [0.25, 0.3) is 0 Å². The minimum atomic E-state index is -5.72. The second-order valence-corrected chi connectivity index (χ2v) is 11.2. The summed E-state index contributed by atoms with van der Waals surface area (Å²) >= 11 is 0.646. The van der Waals surface area contributed by atoms with Crippen molar-refractivity contribution in [3.8, 4) is 0 Å². The van der Waals surface area contributed by atoms with Gasteiger partial charge in [0.2, 0.25) is 5.04 Å². The van der Waals surface area contributed by atoms with Gasteiger partial charge < -0.3 is 15.5 Å². The Hall–Kier alpha value is -2.81. The zero-order chi connectivity index (χ0) is 27.8. The Morgan fingerprint density at radius 2 is 2.03 bits per heavy atom. The van der Waals surface area contributed by atoms with Gasteiger partial charge in [0.1, 0.15) is 10.7 Å². The maximum Gasteiger partial charge on any atom is 0.516 e. The number of hydrogen-bond donors (Lipinski definition) is 2. The molecule has 0 bridgehead atoms. The quantitative estimate of drug-likeness (QED) is 0.0737. The number of rotatable bonds is 10. The van der Waals surface area contributed by atoms with Crippen molar-refractivity contribution in [3.63, 3.8) is 0 Å². The Labute approximate surface area is 218 Å². The lowest BCUT2D eigenvalue weighted by Crippen LogP contribution is -2.32. The monoisotopic (exact) mass is 564 g/mol. The SMILES string of the molecule is C=C(N=Nc1cc2c(cc1NS(=O)(=O)C(F)(F)F)N(CCCCC)CCC2)S/C(=N\N)C(=O)OC(C)C. The summed E-state index contributed by atoms with van der Waals surface area (Å²) < 4.78 is 69.8. The van der Waals surface area contributed by atoms with Crippen molar-refractivity contribution in [1.29, 1.82) is 0 Å². The second kappa shape index (κ2) is 13.1. The van der Waals surface area contributed by atoms with Crippen LogP contribution in [0.3, 0.4) is 0 Å². The van der Waals surface area contributed by atoms with Crippen LogP contribution in [-0.2, 0) is 26.0 Å². The van der Waals surface area contributed by atoms with E-state index in [4.69, 9.17) is 10.6 Å². The molecule has 0 aliphatic carbocycles. The van der Waals surface area contributed by atoms with Crippen LogP contribution in [-0.4, -0.2) is 44.1 Å². The van der Waals surface area contributed by atoms with Gasteiger partial charge >= 0.3 is 21.5 Å². The first kappa shape index (κ1) is 30.4. The third-order valence-electron chi connectivity index (χ3n) is 5.11. The number of ether oxygens (including phenoxy) is 1. The van der Waals surface area contributed by atoms with Gasteiger partial charge in [-0.1, -0.05) is 26.3 Å². The van der Waals surface area contributed by atoms with Crippen molar-refractivity contribution in [2.75, 3.05) is 22.7 Å². The molecule has 0 atom stereocenters. The molecule has 10 nitrogen and oxygen atoms in total. The summed E-state index contributed by atoms with van der Waals surface area (Å²) in [4.78, 5) is 14.1. The van der Waals surface area contributed by atoms with E-state index in [1.807, 2.05) is 4.90 Å². The van der Waals surface area contributed by atoms with Gasteiger partial charge in [-0.25, -0.2) is 4.79 Å². The van der Waals surface area contributed by atoms with Crippen molar-refractivity contribution in [2.24, 2.45) is 21.2 Å². The average molecular weight is 565 g/mol. The molecule has 3 N–H and O–H groups in total. The third kappa shape index (κ3) is 8.62. The van der Waals surface area contributed by atoms with E-state index in [2.05, 4.69) is 28.8 Å². The number of halogens is 3. The van der Waals surface area contributed by atoms with Crippen LogP contribution in [0.1, 0.15) is 52.0 Å². The summed E-state index contributed by atoms with van der Waals surface area (Å²) in [6.07, 6.45) is 3.91. The fraction of sp³-hybridized carbons (Fsp3) is 0.545. The number of nitrogens with zero attached hydrogens (tertiary/aromatic N) is 4. The lowest BCUT2D eigenvalue weighted by molar-refractivity contribution is -0.138. The van der Waals surface area contributed by atoms with Crippen LogP contribution in [0.2, 0.25) is 0 Å². The van der Waals surface area contributed by atoms with E-state index in [0.717, 1.165) is 31.2 Å². The van der Waals surface area contributed by atoms with Gasteiger partial charge in [0, 0.05) is 18.8 Å². The molecule has 2 rings (SSSR count). The number of anilines is 2. The standard InChI is InChI=1S/C22H31F3N6O4S2/c1-5-6-7-10-31-11-8-9-16-12-17(18(13-19(16)31)30-37(33,34)22(23,24)25)29-28-15(4)36-20(27-26)21(32)35-14(2)3/h12-14,30H,4-11,26H2,1-3H3/b27-20-,29-28?. The van der Waals surface area contributed by atoms with Crippen molar-refractivity contribution >= 4 is 49.9 Å². The number of nitrogens with two attached hydrogens (primary N) is 1. The number of hydrogen-bond acceptors (Lipinski definition) is 10. The lowest BCUT2D eigenvalue weighted by Gasteiger charge is -2.32. The van der Waals surface area contributed by atoms with Gasteiger partial charge in [-0.05, 0) is 62.6 Å². The Morgan fingerprint density at radius 1 is 1.32 bits per heavy atom. The fourth-order valence-electron chi connectivity index (χ4n) is 3.47. The number of azo groups is 1. The Morgan fingerprint density at radius 3 is 2.62 bits per heavy atom. The van der Waals surface area contributed by atoms with E-state index < -0.39 is 27.6 Å². The van der Waals surface area contributed by atoms with Crippen LogP contribution in [0.5, 0.6) is 0 Å². The van der Waals surface area contributed by atoms with Crippen LogP contribution in [0.4, 0.5) is 30.2 Å². The van der Waals surface area contributed by atoms with E-state index in [0.29, 0.717) is 37.0 Å². The lowest BCUT2D eigenvalue weighted by atomic mass is 9.99. The minimum absolute atomic E-state index is 0.0755. The van der Waals surface area contributed by atoms with Gasteiger partial charge in [0.15, 0.2) is 0 Å². The molecule has 1 heterocycles. The number of sulfonamides is 1. The first-order valence-corrected chi connectivity index (χ1v) is 13.9. The van der Waals surface area contributed by atoms with Crippen LogP contribution in [0, 0.1) is 0 Å². The minimum Gasteiger partial charge on any atom is -0.458 e. The molecule has 1 aliphatic rings. The molecule has 0 spiro atoms. The number of aryl methyl sites for hydroxylation is 1. The average Bonchev–Trinajstić information content (AvgIpc) is 2.80. The highest BCUT2D eigenvalue weighted by Crippen LogP contribution is 2.39. The summed E-state index contributed by atoms with van der Waals surface area (Å²) in [7, 11) is -5.72. The highest BCUT2D eigenvalue weighted by atomic mass is 32.2. The Kier molecular flexibility index (Phi) is 10.8. The Bertz CT molecular complexity index is 1150. The van der Waals surface area contributed by atoms with Crippen LogP contribution < -0.4 is 15.5 Å². The summed E-state index contributed by atoms with van der Waals surface area (Å²) in [5.41, 5.74) is -4.61. The molecule has 0 aromatic heterocycles. The summed E-state index contributed by atoms with van der Waals surface area (Å²) in [6, 6.07) is 2.85. The smallest absolute Gasteiger partial charge is 0.458 e. The first-order chi connectivity index (χ1) is 17.3. The molecular weight excluding hydrogens is 533 g/mol. The molecule has 0 amide bonds.